The molecule has 0 bridgehead atoms. The van der Waals surface area contributed by atoms with Crippen molar-refractivity contribution in [2.75, 3.05) is 0 Å². The third-order valence-corrected chi connectivity index (χ3v) is 5.29. The van der Waals surface area contributed by atoms with Crippen molar-refractivity contribution < 1.29 is 20.4 Å². The fourth-order valence-electron chi connectivity index (χ4n) is 2.57. The molecule has 128 valence electrons. The number of hydrogen-bond acceptors (Lipinski definition) is 2. The second-order valence-electron chi connectivity index (χ2n) is 5.56. The molecule has 0 amide bonds. The van der Waals surface area contributed by atoms with Gasteiger partial charge in [0.15, 0.2) is 0 Å². The second kappa shape index (κ2) is 9.06. The molecule has 0 fully saturated rings. The van der Waals surface area contributed by atoms with Gasteiger partial charge in [0.2, 0.25) is 0 Å². The van der Waals surface area contributed by atoms with E-state index in [1.54, 1.807) is 0 Å². The topological polar surface area (TPSA) is 25.8 Å². The molecule has 2 heterocycles. The molecule has 0 unspecified atom stereocenters. The van der Waals surface area contributed by atoms with Gasteiger partial charge in [-0.15, -0.1) is 0 Å². The van der Waals surface area contributed by atoms with Gasteiger partial charge >= 0.3 is 159 Å². The molecule has 0 atom stereocenters. The normalized spacial score (nSPS) is 10.0. The first-order chi connectivity index (χ1) is 11.6. The number of benzene rings is 2. The Bertz CT molecular complexity index is 853. The van der Waals surface area contributed by atoms with Gasteiger partial charge in [-0.1, -0.05) is 0 Å². The molecule has 4 rings (SSSR count). The second-order valence-corrected chi connectivity index (χ2v) is 7.41. The molecule has 0 saturated heterocycles. The molecule has 0 aliphatic carbocycles. The molecule has 2 nitrogen and oxygen atoms in total. The summed E-state index contributed by atoms with van der Waals surface area (Å²) < 4.78 is 2.24. The van der Waals surface area contributed by atoms with E-state index in [9.17, 15) is 0 Å². The van der Waals surface area contributed by atoms with Crippen LogP contribution in [-0.2, 0) is 20.4 Å². The Morgan fingerprint density at radius 1 is 0.640 bits per heavy atom. The van der Waals surface area contributed by atoms with Gasteiger partial charge in [-0.25, -0.2) is 0 Å². The maximum absolute atomic E-state index is 4.31. The van der Waals surface area contributed by atoms with Gasteiger partial charge in [0, 0.05) is 20.4 Å². The van der Waals surface area contributed by atoms with E-state index in [0.29, 0.717) is 0 Å². The number of pyridine rings is 2. The van der Waals surface area contributed by atoms with Crippen LogP contribution in [0.4, 0.5) is 0 Å². The van der Waals surface area contributed by atoms with Gasteiger partial charge in [-0.05, 0) is 0 Å². The zero-order valence-corrected chi connectivity index (χ0v) is 18.8. The number of nitrogens with zero attached hydrogens (tertiary/aromatic N) is 2. The largest absolute Gasteiger partial charge is 0 e. The van der Waals surface area contributed by atoms with Crippen molar-refractivity contribution in [2.24, 2.45) is 0 Å². The summed E-state index contributed by atoms with van der Waals surface area (Å²) in [5.41, 5.74) is 4.68. The molecular weight excluding hydrogens is 533 g/mol. The Hall–Kier alpha value is -1.04. The number of para-hydroxylation sites is 2. The van der Waals surface area contributed by atoms with E-state index in [-0.39, 0.29) is 20.4 Å². The molecular formula is C20H16N2PdSe2. The van der Waals surface area contributed by atoms with E-state index in [0.717, 1.165) is 20.0 Å². The van der Waals surface area contributed by atoms with Crippen LogP contribution in [0, 0.1) is 13.8 Å². The van der Waals surface area contributed by atoms with Gasteiger partial charge in [-0.3, -0.25) is 0 Å². The Morgan fingerprint density at radius 2 is 1.04 bits per heavy atom. The third kappa shape index (κ3) is 4.57. The quantitative estimate of drug-likeness (QED) is 0.316. The molecule has 2 radical (unpaired) electrons. The first kappa shape index (κ1) is 20.3. The van der Waals surface area contributed by atoms with Crippen LogP contribution in [0.25, 0.3) is 21.8 Å². The van der Waals surface area contributed by atoms with Crippen LogP contribution in [0.15, 0.2) is 60.9 Å². The Labute approximate surface area is 178 Å². The van der Waals surface area contributed by atoms with Gasteiger partial charge in [-0.2, -0.15) is 0 Å². The van der Waals surface area contributed by atoms with E-state index < -0.39 is 0 Å². The Morgan fingerprint density at radius 3 is 1.40 bits per heavy atom. The van der Waals surface area contributed by atoms with Gasteiger partial charge in [0.25, 0.3) is 0 Å². The van der Waals surface area contributed by atoms with Crippen LogP contribution < -0.4 is 8.92 Å². The molecule has 0 spiro atoms. The molecule has 0 aliphatic heterocycles. The third-order valence-electron chi connectivity index (χ3n) is 3.90. The number of aryl methyl sites for hydroxylation is 2. The number of aromatic nitrogens is 2. The van der Waals surface area contributed by atoms with Crippen LogP contribution in [0.2, 0.25) is 0 Å². The molecule has 0 N–H and O–H groups in total. The van der Waals surface area contributed by atoms with Crippen molar-refractivity contribution in [1.82, 2.24) is 9.97 Å². The smallest absolute Gasteiger partial charge is 0 e. The maximum Gasteiger partial charge on any atom is 0 e. The first-order valence-electron chi connectivity index (χ1n) is 7.60. The zero-order valence-electron chi connectivity index (χ0n) is 13.8. The van der Waals surface area contributed by atoms with Gasteiger partial charge < -0.3 is 0 Å². The summed E-state index contributed by atoms with van der Waals surface area (Å²) in [7, 11) is 0. The number of hydrogen-bond donors (Lipinski definition) is 0. The molecule has 2 aromatic heterocycles. The van der Waals surface area contributed by atoms with Gasteiger partial charge in [0.1, 0.15) is 0 Å². The summed E-state index contributed by atoms with van der Waals surface area (Å²) in [5.74, 6) is 0. The van der Waals surface area contributed by atoms with Crippen molar-refractivity contribution >= 4 is 62.8 Å². The molecule has 4 aromatic rings. The minimum absolute atomic E-state index is 0. The van der Waals surface area contributed by atoms with Crippen molar-refractivity contribution in [2.45, 2.75) is 13.8 Å². The summed E-state index contributed by atoms with van der Waals surface area (Å²) in [5, 5.41) is 2.46. The molecule has 0 aliphatic rings. The molecule has 25 heavy (non-hydrogen) atoms. The minimum atomic E-state index is 0. The molecule has 0 saturated carbocycles. The molecule has 2 aromatic carbocycles. The van der Waals surface area contributed by atoms with Crippen molar-refractivity contribution in [3.8, 4) is 0 Å². The van der Waals surface area contributed by atoms with E-state index in [1.165, 1.54) is 21.9 Å². The van der Waals surface area contributed by atoms with Crippen LogP contribution in [0.5, 0.6) is 0 Å². The minimum Gasteiger partial charge on any atom is 0 e. The predicted octanol–water partition coefficient (Wildman–Crippen LogP) is 2.67. The summed E-state index contributed by atoms with van der Waals surface area (Å²) in [4.78, 5) is 8.62. The van der Waals surface area contributed by atoms with Crippen LogP contribution >= 0.6 is 0 Å². The van der Waals surface area contributed by atoms with Crippen LogP contribution in [0.3, 0.4) is 0 Å². The summed E-state index contributed by atoms with van der Waals surface area (Å²) in [6.07, 6.45) is 3.69. The van der Waals surface area contributed by atoms with E-state index in [1.807, 2.05) is 48.8 Å². The van der Waals surface area contributed by atoms with E-state index in [2.05, 4.69) is 68.0 Å². The average Bonchev–Trinajstić information content (AvgIpc) is 2.58. The van der Waals surface area contributed by atoms with Crippen molar-refractivity contribution in [1.29, 1.82) is 0 Å². The number of fused-ring (bicyclic) bond motifs is 2. The average molecular weight is 549 g/mol. The summed E-state index contributed by atoms with van der Waals surface area (Å²) in [6, 6.07) is 16.4. The van der Waals surface area contributed by atoms with Crippen LogP contribution in [-0.4, -0.2) is 42.0 Å². The SMILES string of the molecule is Cc1ccnc2c([Se])cccc12.Cc1ccnc2c([Se])cccc12.[Pd]. The van der Waals surface area contributed by atoms with Crippen LogP contribution in [0.1, 0.15) is 11.1 Å². The fourth-order valence-corrected chi connectivity index (χ4v) is 3.59. The molecule has 5 heteroatoms. The number of rotatable bonds is 0. The van der Waals surface area contributed by atoms with E-state index >= 15 is 0 Å². The zero-order chi connectivity index (χ0) is 17.1. The Kier molecular flexibility index (Phi) is 7.35. The van der Waals surface area contributed by atoms with Crippen molar-refractivity contribution in [3.05, 3.63) is 72.1 Å². The Balaban J connectivity index is 0.000000173. The van der Waals surface area contributed by atoms with Gasteiger partial charge in [0.05, 0.1) is 0 Å². The fraction of sp³-hybridized carbons (Fsp3) is 0.100. The van der Waals surface area contributed by atoms with Crippen molar-refractivity contribution in [3.63, 3.8) is 0 Å². The monoisotopic (exact) mass is 550 g/mol. The van der Waals surface area contributed by atoms with E-state index in [4.69, 9.17) is 0 Å². The first-order valence-corrected chi connectivity index (χ1v) is 9.32. The predicted molar refractivity (Wildman–Crippen MR) is 104 cm³/mol. The summed E-state index contributed by atoms with van der Waals surface area (Å²) >= 11 is 6.02. The summed E-state index contributed by atoms with van der Waals surface area (Å²) in [6.45, 7) is 4.20. The standard InChI is InChI=1S/2C10H8NSe.Pd/c2*1-7-5-6-11-10-8(7)3-2-4-9(10)12;/h2*2-6H,1H3;. The maximum atomic E-state index is 4.31.